The third-order valence-corrected chi connectivity index (χ3v) is 1.77. The molecule has 2 amide bonds. The number of alkyl carbamates (subject to hydrolysis) is 1. The molecule has 0 aromatic heterocycles. The first-order valence-corrected chi connectivity index (χ1v) is 3.29. The van der Waals surface area contributed by atoms with E-state index in [1.54, 1.807) is 0 Å². The molecule has 2 fully saturated rings. The molecule has 1 aliphatic carbocycles. The maximum Gasteiger partial charge on any atom is 0.414 e. The Morgan fingerprint density at radius 2 is 2.10 bits per heavy atom. The topological polar surface area (TPSA) is 55.4 Å². The van der Waals surface area contributed by atoms with Crippen molar-refractivity contribution in [3.8, 4) is 0 Å². The number of imide groups is 1. The van der Waals surface area contributed by atoms with Crippen LogP contribution < -0.4 is 5.32 Å². The van der Waals surface area contributed by atoms with E-state index in [4.69, 9.17) is 4.74 Å². The molecule has 1 saturated heterocycles. The minimum absolute atomic E-state index is 0.271. The quantitative estimate of drug-likeness (QED) is 0.560. The Balaban J connectivity index is 2.08. The Kier molecular flexibility index (Phi) is 0.977. The van der Waals surface area contributed by atoms with Crippen LogP contribution in [0.2, 0.25) is 0 Å². The molecule has 0 aromatic carbocycles. The summed E-state index contributed by atoms with van der Waals surface area (Å²) in [6, 6.07) is 0. The molecular weight excluding hydrogens is 134 g/mol. The highest BCUT2D eigenvalue weighted by molar-refractivity contribution is 6.00. The summed E-state index contributed by atoms with van der Waals surface area (Å²) in [5.41, 5.74) is 0. The summed E-state index contributed by atoms with van der Waals surface area (Å²) in [4.78, 5) is 21.3. The van der Waals surface area contributed by atoms with Crippen molar-refractivity contribution in [3.63, 3.8) is 0 Å². The lowest BCUT2D eigenvalue weighted by Gasteiger charge is -2.00. The molecule has 0 spiro atoms. The predicted molar refractivity (Wildman–Crippen MR) is 31.1 cm³/mol. The van der Waals surface area contributed by atoms with Crippen LogP contribution in [-0.2, 0) is 9.53 Å². The lowest BCUT2D eigenvalue weighted by Crippen LogP contribution is -2.25. The molecule has 4 heteroatoms. The highest BCUT2D eigenvalue weighted by Gasteiger charge is 2.43. The van der Waals surface area contributed by atoms with Crippen LogP contribution >= 0.6 is 0 Å². The van der Waals surface area contributed by atoms with E-state index in [1.165, 1.54) is 0 Å². The lowest BCUT2D eigenvalue weighted by atomic mass is 10.2. The number of rotatable bonds is 1. The van der Waals surface area contributed by atoms with E-state index in [1.807, 2.05) is 0 Å². The Morgan fingerprint density at radius 3 is 2.50 bits per heavy atom. The molecule has 4 nitrogen and oxygen atoms in total. The van der Waals surface area contributed by atoms with Gasteiger partial charge >= 0.3 is 6.09 Å². The van der Waals surface area contributed by atoms with Crippen molar-refractivity contribution in [3.05, 3.63) is 0 Å². The van der Waals surface area contributed by atoms with Gasteiger partial charge in [0.2, 0.25) is 0 Å². The number of cyclic esters (lactones) is 1. The number of ether oxygens (including phenoxy) is 1. The Bertz CT molecular complexity index is 197. The Morgan fingerprint density at radius 1 is 1.40 bits per heavy atom. The first-order chi connectivity index (χ1) is 4.77. The SMILES string of the molecule is O=C1NC(=O)C(C2CC2)O1. The molecule has 1 saturated carbocycles. The maximum absolute atomic E-state index is 10.8. The van der Waals surface area contributed by atoms with Gasteiger partial charge < -0.3 is 4.74 Å². The predicted octanol–water partition coefficient (Wildman–Crippen LogP) is 0.0314. The van der Waals surface area contributed by atoms with E-state index in [-0.39, 0.29) is 5.91 Å². The largest absolute Gasteiger partial charge is 0.435 e. The monoisotopic (exact) mass is 141 g/mol. The van der Waals surface area contributed by atoms with Crippen LogP contribution in [0.4, 0.5) is 4.79 Å². The second kappa shape index (κ2) is 1.71. The fourth-order valence-electron chi connectivity index (χ4n) is 1.08. The fraction of sp³-hybridized carbons (Fsp3) is 0.667. The summed E-state index contributed by atoms with van der Waals surface area (Å²) in [5, 5.41) is 2.09. The van der Waals surface area contributed by atoms with Gasteiger partial charge in [-0.3, -0.25) is 10.1 Å². The molecule has 54 valence electrons. The summed E-state index contributed by atoms with van der Waals surface area (Å²) >= 11 is 0. The van der Waals surface area contributed by atoms with E-state index < -0.39 is 12.2 Å². The molecule has 0 radical (unpaired) electrons. The standard InChI is InChI=1S/C6H7NO3/c8-5-4(3-1-2-3)10-6(9)7-5/h3-4H,1-2H2,(H,7,8,9). The number of nitrogens with one attached hydrogen (secondary N) is 1. The zero-order valence-corrected chi connectivity index (χ0v) is 5.29. The Hall–Kier alpha value is -1.06. The highest BCUT2D eigenvalue weighted by Crippen LogP contribution is 2.35. The van der Waals surface area contributed by atoms with Gasteiger partial charge in [-0.2, -0.15) is 0 Å². The Labute approximate surface area is 57.5 Å². The van der Waals surface area contributed by atoms with Crippen molar-refractivity contribution < 1.29 is 14.3 Å². The van der Waals surface area contributed by atoms with E-state index in [9.17, 15) is 9.59 Å². The van der Waals surface area contributed by atoms with E-state index in [0.29, 0.717) is 5.92 Å². The van der Waals surface area contributed by atoms with Crippen LogP contribution in [0.1, 0.15) is 12.8 Å². The molecule has 1 unspecified atom stereocenters. The van der Waals surface area contributed by atoms with Gasteiger partial charge in [0.25, 0.3) is 5.91 Å². The van der Waals surface area contributed by atoms with Crippen LogP contribution in [-0.4, -0.2) is 18.1 Å². The van der Waals surface area contributed by atoms with Gasteiger partial charge in [-0.1, -0.05) is 0 Å². The molecule has 0 aromatic rings. The second-order valence-corrected chi connectivity index (χ2v) is 2.65. The molecule has 0 bridgehead atoms. The minimum atomic E-state index is -0.595. The van der Waals surface area contributed by atoms with Gasteiger partial charge in [0.05, 0.1) is 0 Å². The number of carbonyl (C=O) groups is 2. The molecule has 2 aliphatic rings. The number of carbonyl (C=O) groups excluding carboxylic acids is 2. The molecule has 1 aliphatic heterocycles. The number of hydrogen-bond donors (Lipinski definition) is 1. The normalized spacial score (nSPS) is 31.8. The molecular formula is C6H7NO3. The fourth-order valence-corrected chi connectivity index (χ4v) is 1.08. The summed E-state index contributed by atoms with van der Waals surface area (Å²) in [5.74, 6) is 0.0268. The van der Waals surface area contributed by atoms with Gasteiger partial charge in [0.15, 0.2) is 6.10 Å². The van der Waals surface area contributed by atoms with Crippen LogP contribution in [0.25, 0.3) is 0 Å². The van der Waals surface area contributed by atoms with Crippen molar-refractivity contribution in [2.24, 2.45) is 5.92 Å². The van der Waals surface area contributed by atoms with Crippen LogP contribution in [0.15, 0.2) is 0 Å². The van der Waals surface area contributed by atoms with Crippen molar-refractivity contribution in [1.82, 2.24) is 5.32 Å². The van der Waals surface area contributed by atoms with E-state index in [0.717, 1.165) is 12.8 Å². The van der Waals surface area contributed by atoms with Crippen LogP contribution in [0.5, 0.6) is 0 Å². The van der Waals surface area contributed by atoms with Crippen molar-refractivity contribution in [2.75, 3.05) is 0 Å². The number of amides is 2. The first-order valence-electron chi connectivity index (χ1n) is 3.29. The maximum atomic E-state index is 10.8. The van der Waals surface area contributed by atoms with Gasteiger partial charge in [-0.15, -0.1) is 0 Å². The lowest BCUT2D eigenvalue weighted by molar-refractivity contribution is -0.124. The summed E-state index contributed by atoms with van der Waals surface area (Å²) in [6.07, 6.45) is 0.936. The van der Waals surface area contributed by atoms with Crippen molar-refractivity contribution in [2.45, 2.75) is 18.9 Å². The third kappa shape index (κ3) is 0.761. The summed E-state index contributed by atoms with van der Waals surface area (Å²) in [7, 11) is 0. The van der Waals surface area contributed by atoms with Crippen LogP contribution in [0.3, 0.4) is 0 Å². The molecule has 1 N–H and O–H groups in total. The third-order valence-electron chi connectivity index (χ3n) is 1.77. The summed E-state index contributed by atoms with van der Waals surface area (Å²) in [6.45, 7) is 0. The number of hydrogen-bond acceptors (Lipinski definition) is 3. The van der Waals surface area contributed by atoms with Gasteiger partial charge in [0, 0.05) is 5.92 Å². The average molecular weight is 141 g/mol. The van der Waals surface area contributed by atoms with E-state index >= 15 is 0 Å². The van der Waals surface area contributed by atoms with Crippen LogP contribution in [0, 0.1) is 5.92 Å². The second-order valence-electron chi connectivity index (χ2n) is 2.65. The zero-order chi connectivity index (χ0) is 7.14. The molecule has 1 heterocycles. The minimum Gasteiger partial charge on any atom is -0.435 e. The van der Waals surface area contributed by atoms with E-state index in [2.05, 4.69) is 5.32 Å². The first kappa shape index (κ1) is 5.70. The highest BCUT2D eigenvalue weighted by atomic mass is 16.6. The van der Waals surface area contributed by atoms with Gasteiger partial charge in [-0.25, -0.2) is 4.79 Å². The van der Waals surface area contributed by atoms with Crippen molar-refractivity contribution >= 4 is 12.0 Å². The van der Waals surface area contributed by atoms with Gasteiger partial charge in [0.1, 0.15) is 0 Å². The molecule has 1 atom stereocenters. The van der Waals surface area contributed by atoms with Crippen molar-refractivity contribution in [1.29, 1.82) is 0 Å². The smallest absolute Gasteiger partial charge is 0.414 e. The zero-order valence-electron chi connectivity index (χ0n) is 5.29. The summed E-state index contributed by atoms with van der Waals surface area (Å²) < 4.78 is 4.70. The molecule has 10 heavy (non-hydrogen) atoms. The molecule has 2 rings (SSSR count). The average Bonchev–Trinajstić information content (AvgIpc) is 2.61. The van der Waals surface area contributed by atoms with Gasteiger partial charge in [-0.05, 0) is 12.8 Å².